The van der Waals surface area contributed by atoms with Crippen LogP contribution in [0.15, 0.2) is 52.1 Å². The first-order valence-corrected chi connectivity index (χ1v) is 8.77. The average Bonchev–Trinajstić information content (AvgIpc) is 3.18. The van der Waals surface area contributed by atoms with Crippen molar-refractivity contribution in [2.45, 2.75) is 36.7 Å². The predicted molar refractivity (Wildman–Crippen MR) is 92.1 cm³/mol. The Morgan fingerprint density at radius 2 is 2.00 bits per heavy atom. The van der Waals surface area contributed by atoms with E-state index < -0.39 is 0 Å². The minimum absolute atomic E-state index is 0.131. The molecule has 0 spiro atoms. The summed E-state index contributed by atoms with van der Waals surface area (Å²) in [7, 11) is 0. The lowest BCUT2D eigenvalue weighted by Gasteiger charge is -2.09. The van der Waals surface area contributed by atoms with Crippen molar-refractivity contribution in [3.8, 4) is 0 Å². The van der Waals surface area contributed by atoms with E-state index in [-0.39, 0.29) is 11.0 Å². The van der Waals surface area contributed by atoms with Gasteiger partial charge in [0.1, 0.15) is 5.52 Å². The topological polar surface area (TPSA) is 43.1 Å². The van der Waals surface area contributed by atoms with Gasteiger partial charge in [-0.05, 0) is 55.5 Å². The number of aromatic nitrogens is 1. The SMILES string of the molecule is CC(Sc1nc2ccccc2o1)C(=O)c1ccc2c(c1)CCC2. The van der Waals surface area contributed by atoms with Gasteiger partial charge < -0.3 is 4.42 Å². The zero-order chi connectivity index (χ0) is 15.8. The molecule has 0 amide bonds. The summed E-state index contributed by atoms with van der Waals surface area (Å²) < 4.78 is 5.70. The van der Waals surface area contributed by atoms with Crippen LogP contribution in [0.25, 0.3) is 11.1 Å². The van der Waals surface area contributed by atoms with Crippen LogP contribution in [0.3, 0.4) is 0 Å². The number of ketones is 1. The highest BCUT2D eigenvalue weighted by atomic mass is 32.2. The van der Waals surface area contributed by atoms with Gasteiger partial charge in [-0.25, -0.2) is 4.98 Å². The van der Waals surface area contributed by atoms with Gasteiger partial charge in [-0.1, -0.05) is 36.0 Å². The summed E-state index contributed by atoms with van der Waals surface area (Å²) in [6.45, 7) is 1.91. The van der Waals surface area contributed by atoms with Gasteiger partial charge in [-0.15, -0.1) is 0 Å². The Labute approximate surface area is 139 Å². The lowest BCUT2D eigenvalue weighted by atomic mass is 10.0. The molecule has 0 radical (unpaired) electrons. The number of hydrogen-bond acceptors (Lipinski definition) is 4. The third kappa shape index (κ3) is 2.79. The maximum atomic E-state index is 12.7. The molecule has 0 N–H and O–H groups in total. The molecule has 0 saturated carbocycles. The van der Waals surface area contributed by atoms with Crippen molar-refractivity contribution in [1.82, 2.24) is 4.98 Å². The monoisotopic (exact) mass is 323 g/mol. The highest BCUT2D eigenvalue weighted by molar-refractivity contribution is 8.00. The molecule has 1 unspecified atom stereocenters. The van der Waals surface area contributed by atoms with E-state index in [1.54, 1.807) is 0 Å². The van der Waals surface area contributed by atoms with E-state index in [0.29, 0.717) is 5.22 Å². The molecule has 1 aliphatic rings. The number of carbonyl (C=O) groups is 1. The first kappa shape index (κ1) is 14.5. The number of Topliss-reactive ketones (excluding diaryl/α,β-unsaturated/α-hetero) is 1. The highest BCUT2D eigenvalue weighted by Crippen LogP contribution is 2.29. The van der Waals surface area contributed by atoms with Gasteiger partial charge in [0.25, 0.3) is 5.22 Å². The Bertz CT molecular complexity index is 851. The Balaban J connectivity index is 1.54. The van der Waals surface area contributed by atoms with Gasteiger partial charge in [0.05, 0.1) is 5.25 Å². The van der Waals surface area contributed by atoms with Crippen molar-refractivity contribution >= 4 is 28.6 Å². The van der Waals surface area contributed by atoms with Crippen LogP contribution in [0, 0.1) is 0 Å². The highest BCUT2D eigenvalue weighted by Gasteiger charge is 2.21. The van der Waals surface area contributed by atoms with Gasteiger partial charge >= 0.3 is 0 Å². The first-order chi connectivity index (χ1) is 11.2. The molecule has 1 heterocycles. The molecule has 23 heavy (non-hydrogen) atoms. The minimum Gasteiger partial charge on any atom is -0.431 e. The van der Waals surface area contributed by atoms with Gasteiger partial charge in [-0.3, -0.25) is 4.79 Å². The van der Waals surface area contributed by atoms with Crippen molar-refractivity contribution < 1.29 is 9.21 Å². The van der Waals surface area contributed by atoms with Crippen molar-refractivity contribution in [2.75, 3.05) is 0 Å². The molecular weight excluding hydrogens is 306 g/mol. The Morgan fingerprint density at radius 1 is 1.17 bits per heavy atom. The molecular formula is C19H17NO2S. The molecule has 4 rings (SSSR count). The fraction of sp³-hybridized carbons (Fsp3) is 0.263. The molecule has 4 heteroatoms. The molecule has 3 nitrogen and oxygen atoms in total. The lowest BCUT2D eigenvalue weighted by Crippen LogP contribution is -2.13. The van der Waals surface area contributed by atoms with Gasteiger partial charge in [0.15, 0.2) is 11.4 Å². The summed E-state index contributed by atoms with van der Waals surface area (Å²) in [6, 6.07) is 13.8. The summed E-state index contributed by atoms with van der Waals surface area (Å²) >= 11 is 1.38. The Kier molecular flexibility index (Phi) is 3.69. The smallest absolute Gasteiger partial charge is 0.257 e. The standard InChI is InChI=1S/C19H17NO2S/c1-12(23-19-20-16-7-2-3-8-17(16)22-19)18(21)15-10-9-13-5-4-6-14(13)11-15/h2-3,7-12H,4-6H2,1H3. The molecule has 3 aromatic rings. The fourth-order valence-electron chi connectivity index (χ4n) is 3.07. The first-order valence-electron chi connectivity index (χ1n) is 7.89. The molecule has 1 aliphatic carbocycles. The van der Waals surface area contributed by atoms with E-state index in [9.17, 15) is 4.79 Å². The molecule has 1 aromatic heterocycles. The van der Waals surface area contributed by atoms with E-state index >= 15 is 0 Å². The molecule has 2 aromatic carbocycles. The summed E-state index contributed by atoms with van der Waals surface area (Å²) in [6.07, 6.45) is 3.42. The molecule has 0 bridgehead atoms. The number of benzene rings is 2. The molecule has 0 fully saturated rings. The van der Waals surface area contributed by atoms with E-state index in [2.05, 4.69) is 17.1 Å². The maximum absolute atomic E-state index is 12.7. The molecule has 0 aliphatic heterocycles. The van der Waals surface area contributed by atoms with Crippen LogP contribution in [0.1, 0.15) is 34.8 Å². The maximum Gasteiger partial charge on any atom is 0.257 e. The predicted octanol–water partition coefficient (Wildman–Crippen LogP) is 4.68. The number of rotatable bonds is 4. The van der Waals surface area contributed by atoms with Gasteiger partial charge in [0, 0.05) is 5.56 Å². The van der Waals surface area contributed by atoms with E-state index in [1.165, 1.54) is 29.3 Å². The zero-order valence-electron chi connectivity index (χ0n) is 12.9. The molecule has 116 valence electrons. The summed E-state index contributed by atoms with van der Waals surface area (Å²) in [5, 5.41) is 0.329. The van der Waals surface area contributed by atoms with Crippen LogP contribution >= 0.6 is 11.8 Å². The minimum atomic E-state index is -0.220. The Morgan fingerprint density at radius 3 is 2.87 bits per heavy atom. The van der Waals surface area contributed by atoms with Crippen LogP contribution in [-0.4, -0.2) is 16.0 Å². The van der Waals surface area contributed by atoms with Crippen LogP contribution in [0.2, 0.25) is 0 Å². The van der Waals surface area contributed by atoms with Crippen molar-refractivity contribution in [2.24, 2.45) is 0 Å². The van der Waals surface area contributed by atoms with E-state index in [0.717, 1.165) is 29.5 Å². The summed E-state index contributed by atoms with van der Waals surface area (Å²) in [5.41, 5.74) is 5.09. The second-order valence-electron chi connectivity index (χ2n) is 5.91. The Hall–Kier alpha value is -2.07. The number of thioether (sulfide) groups is 1. The third-order valence-electron chi connectivity index (χ3n) is 4.30. The number of fused-ring (bicyclic) bond motifs is 2. The van der Waals surface area contributed by atoms with Crippen LogP contribution in [0.5, 0.6) is 0 Å². The number of hydrogen-bond donors (Lipinski definition) is 0. The van der Waals surface area contributed by atoms with Gasteiger partial charge in [0.2, 0.25) is 0 Å². The molecule has 1 atom stereocenters. The van der Waals surface area contributed by atoms with Gasteiger partial charge in [-0.2, -0.15) is 0 Å². The summed E-state index contributed by atoms with van der Waals surface area (Å²) in [4.78, 5) is 17.1. The van der Waals surface area contributed by atoms with Crippen LogP contribution in [-0.2, 0) is 12.8 Å². The van der Waals surface area contributed by atoms with Crippen molar-refractivity contribution in [3.05, 3.63) is 59.2 Å². The van der Waals surface area contributed by atoms with Crippen LogP contribution < -0.4 is 0 Å². The average molecular weight is 323 g/mol. The third-order valence-corrected chi connectivity index (χ3v) is 5.25. The number of para-hydroxylation sites is 2. The largest absolute Gasteiger partial charge is 0.431 e. The summed E-state index contributed by atoms with van der Waals surface area (Å²) in [5.74, 6) is 0.131. The second kappa shape index (κ2) is 5.85. The van der Waals surface area contributed by atoms with Crippen molar-refractivity contribution in [1.29, 1.82) is 0 Å². The van der Waals surface area contributed by atoms with E-state index in [1.807, 2.05) is 37.3 Å². The number of aryl methyl sites for hydroxylation is 2. The van der Waals surface area contributed by atoms with Crippen molar-refractivity contribution in [3.63, 3.8) is 0 Å². The normalized spacial score (nSPS) is 14.8. The van der Waals surface area contributed by atoms with E-state index in [4.69, 9.17) is 4.42 Å². The van der Waals surface area contributed by atoms with Crippen LogP contribution in [0.4, 0.5) is 0 Å². The molecule has 0 saturated heterocycles. The zero-order valence-corrected chi connectivity index (χ0v) is 13.7. The number of oxazole rings is 1. The number of carbonyl (C=O) groups excluding carboxylic acids is 1. The fourth-order valence-corrected chi connectivity index (χ4v) is 3.90. The second-order valence-corrected chi connectivity index (χ2v) is 7.20. The lowest BCUT2D eigenvalue weighted by molar-refractivity contribution is 0.0993. The quantitative estimate of drug-likeness (QED) is 0.516. The number of nitrogens with zero attached hydrogens (tertiary/aromatic N) is 1.